The number of aryl methyl sites for hydroxylation is 2. The zero-order valence-corrected chi connectivity index (χ0v) is 10.9. The summed E-state index contributed by atoms with van der Waals surface area (Å²) < 4.78 is 0. The van der Waals surface area contributed by atoms with Crippen molar-refractivity contribution in [3.8, 4) is 0 Å². The summed E-state index contributed by atoms with van der Waals surface area (Å²) in [4.78, 5) is 0. The van der Waals surface area contributed by atoms with Crippen molar-refractivity contribution in [1.82, 2.24) is 5.32 Å². The molecule has 2 unspecified atom stereocenters. The van der Waals surface area contributed by atoms with Crippen molar-refractivity contribution >= 4 is 0 Å². The van der Waals surface area contributed by atoms with Crippen LogP contribution in [0.3, 0.4) is 0 Å². The van der Waals surface area contributed by atoms with Crippen LogP contribution in [0.2, 0.25) is 0 Å². The van der Waals surface area contributed by atoms with Crippen LogP contribution in [-0.2, 0) is 6.42 Å². The smallest absolute Gasteiger partial charge is 0.0733 e. The van der Waals surface area contributed by atoms with Crippen molar-refractivity contribution in [3.05, 3.63) is 34.9 Å². The van der Waals surface area contributed by atoms with Crippen LogP contribution in [0, 0.1) is 13.8 Å². The maximum Gasteiger partial charge on any atom is 0.0733 e. The Hall–Kier alpha value is -0.860. The van der Waals surface area contributed by atoms with Gasteiger partial charge in [-0.25, -0.2) is 0 Å². The van der Waals surface area contributed by atoms with Gasteiger partial charge in [-0.05, 0) is 45.2 Å². The Kier molecular flexibility index (Phi) is 4.19. The molecule has 0 amide bonds. The van der Waals surface area contributed by atoms with Crippen LogP contribution in [0.15, 0.2) is 18.2 Å². The summed E-state index contributed by atoms with van der Waals surface area (Å²) in [6, 6.07) is 6.82. The molecule has 1 heterocycles. The largest absolute Gasteiger partial charge is 0.391 e. The first kappa shape index (κ1) is 12.6. The number of piperidine rings is 1. The highest BCUT2D eigenvalue weighted by molar-refractivity contribution is 5.29. The monoisotopic (exact) mass is 233 g/mol. The standard InChI is InChI=1S/C15H23NO/c1-11-7-12(2)9-13(8-11)10-15(17)14-5-3-4-6-16-14/h7-9,14-17H,3-6,10H2,1-2H3. The molecule has 0 spiro atoms. The number of nitrogens with one attached hydrogen (secondary N) is 1. The minimum Gasteiger partial charge on any atom is -0.391 e. The van der Waals surface area contributed by atoms with Crippen LogP contribution >= 0.6 is 0 Å². The van der Waals surface area contributed by atoms with Crippen LogP contribution in [-0.4, -0.2) is 23.8 Å². The van der Waals surface area contributed by atoms with Gasteiger partial charge in [0.25, 0.3) is 0 Å². The maximum atomic E-state index is 10.2. The summed E-state index contributed by atoms with van der Waals surface area (Å²) in [5.41, 5.74) is 3.81. The van der Waals surface area contributed by atoms with E-state index in [0.29, 0.717) is 0 Å². The van der Waals surface area contributed by atoms with Crippen molar-refractivity contribution in [2.75, 3.05) is 6.54 Å². The zero-order chi connectivity index (χ0) is 12.3. The predicted octanol–water partition coefficient (Wildman–Crippen LogP) is 2.35. The van der Waals surface area contributed by atoms with E-state index < -0.39 is 0 Å². The maximum absolute atomic E-state index is 10.2. The van der Waals surface area contributed by atoms with Gasteiger partial charge >= 0.3 is 0 Å². The molecule has 1 aromatic carbocycles. The van der Waals surface area contributed by atoms with Gasteiger partial charge < -0.3 is 10.4 Å². The van der Waals surface area contributed by atoms with E-state index in [1.807, 2.05) is 0 Å². The molecule has 1 saturated heterocycles. The average molecular weight is 233 g/mol. The molecule has 17 heavy (non-hydrogen) atoms. The highest BCUT2D eigenvalue weighted by Gasteiger charge is 2.21. The fraction of sp³-hybridized carbons (Fsp3) is 0.600. The first-order valence-corrected chi connectivity index (χ1v) is 6.64. The fourth-order valence-electron chi connectivity index (χ4n) is 2.78. The van der Waals surface area contributed by atoms with E-state index in [9.17, 15) is 5.11 Å². The van der Waals surface area contributed by atoms with E-state index in [0.717, 1.165) is 19.4 Å². The Morgan fingerprint density at radius 3 is 2.53 bits per heavy atom. The number of aliphatic hydroxyl groups is 1. The van der Waals surface area contributed by atoms with Crippen molar-refractivity contribution in [2.24, 2.45) is 0 Å². The molecule has 2 heteroatoms. The summed E-state index contributed by atoms with van der Waals surface area (Å²) >= 11 is 0. The van der Waals surface area contributed by atoms with Crippen molar-refractivity contribution in [1.29, 1.82) is 0 Å². The summed E-state index contributed by atoms with van der Waals surface area (Å²) in [5.74, 6) is 0. The Morgan fingerprint density at radius 2 is 1.94 bits per heavy atom. The lowest BCUT2D eigenvalue weighted by Crippen LogP contribution is -2.44. The normalized spacial score (nSPS) is 22.4. The third kappa shape index (κ3) is 3.55. The molecular weight excluding hydrogens is 210 g/mol. The summed E-state index contributed by atoms with van der Waals surface area (Å²) in [5, 5.41) is 13.7. The van der Waals surface area contributed by atoms with Gasteiger partial charge in [-0.1, -0.05) is 35.7 Å². The van der Waals surface area contributed by atoms with Crippen LogP contribution in [0.4, 0.5) is 0 Å². The second-order valence-corrected chi connectivity index (χ2v) is 5.32. The third-order valence-electron chi connectivity index (χ3n) is 3.54. The van der Waals surface area contributed by atoms with Crippen LogP contribution < -0.4 is 5.32 Å². The minimum atomic E-state index is -0.253. The quantitative estimate of drug-likeness (QED) is 0.840. The van der Waals surface area contributed by atoms with E-state index in [1.54, 1.807) is 0 Å². The molecule has 2 nitrogen and oxygen atoms in total. The molecule has 94 valence electrons. The topological polar surface area (TPSA) is 32.3 Å². The van der Waals surface area contributed by atoms with Gasteiger partial charge in [-0.2, -0.15) is 0 Å². The number of rotatable bonds is 3. The van der Waals surface area contributed by atoms with Gasteiger partial charge in [-0.15, -0.1) is 0 Å². The first-order valence-electron chi connectivity index (χ1n) is 6.64. The van der Waals surface area contributed by atoms with E-state index >= 15 is 0 Å². The van der Waals surface area contributed by atoms with Gasteiger partial charge in [0.05, 0.1) is 6.10 Å². The molecule has 0 aromatic heterocycles. The number of hydrogen-bond acceptors (Lipinski definition) is 2. The Morgan fingerprint density at radius 1 is 1.24 bits per heavy atom. The molecule has 1 aliphatic heterocycles. The summed E-state index contributed by atoms with van der Waals surface area (Å²) in [7, 11) is 0. The van der Waals surface area contributed by atoms with Crippen LogP contribution in [0.1, 0.15) is 36.0 Å². The van der Waals surface area contributed by atoms with Gasteiger partial charge in [-0.3, -0.25) is 0 Å². The fourth-order valence-corrected chi connectivity index (χ4v) is 2.78. The molecule has 2 rings (SSSR count). The van der Waals surface area contributed by atoms with Gasteiger partial charge in [0.1, 0.15) is 0 Å². The van der Waals surface area contributed by atoms with E-state index in [4.69, 9.17) is 0 Å². The molecule has 2 atom stereocenters. The number of benzene rings is 1. The molecule has 0 bridgehead atoms. The second-order valence-electron chi connectivity index (χ2n) is 5.32. The van der Waals surface area contributed by atoms with Crippen LogP contribution in [0.25, 0.3) is 0 Å². The second kappa shape index (κ2) is 5.65. The van der Waals surface area contributed by atoms with Gasteiger partial charge in [0.15, 0.2) is 0 Å². The summed E-state index contributed by atoms with van der Waals surface area (Å²) in [6.45, 7) is 5.28. The zero-order valence-electron chi connectivity index (χ0n) is 10.9. The lowest BCUT2D eigenvalue weighted by Gasteiger charge is -2.28. The number of hydrogen-bond donors (Lipinski definition) is 2. The SMILES string of the molecule is Cc1cc(C)cc(CC(O)C2CCCCN2)c1. The lowest BCUT2D eigenvalue weighted by molar-refractivity contribution is 0.113. The van der Waals surface area contributed by atoms with Gasteiger partial charge in [0, 0.05) is 6.04 Å². The lowest BCUT2D eigenvalue weighted by atomic mass is 9.94. The Balaban J connectivity index is 1.99. The molecule has 0 saturated carbocycles. The Labute approximate surface area is 104 Å². The number of aliphatic hydroxyl groups excluding tert-OH is 1. The van der Waals surface area contributed by atoms with E-state index in [-0.39, 0.29) is 12.1 Å². The van der Waals surface area contributed by atoms with E-state index in [1.165, 1.54) is 29.5 Å². The molecule has 1 aliphatic rings. The van der Waals surface area contributed by atoms with Crippen molar-refractivity contribution < 1.29 is 5.11 Å². The van der Waals surface area contributed by atoms with E-state index in [2.05, 4.69) is 37.4 Å². The highest BCUT2D eigenvalue weighted by Crippen LogP contribution is 2.16. The van der Waals surface area contributed by atoms with Gasteiger partial charge in [0.2, 0.25) is 0 Å². The van der Waals surface area contributed by atoms with Crippen LogP contribution in [0.5, 0.6) is 0 Å². The van der Waals surface area contributed by atoms with Crippen molar-refractivity contribution in [2.45, 2.75) is 51.7 Å². The minimum absolute atomic E-state index is 0.253. The molecule has 1 aromatic rings. The summed E-state index contributed by atoms with van der Waals surface area (Å²) in [6.07, 6.45) is 4.09. The first-order chi connectivity index (χ1) is 8.15. The van der Waals surface area contributed by atoms with Crippen molar-refractivity contribution in [3.63, 3.8) is 0 Å². The molecular formula is C15H23NO. The molecule has 0 aliphatic carbocycles. The third-order valence-corrected chi connectivity index (χ3v) is 3.54. The molecule has 2 N–H and O–H groups in total. The predicted molar refractivity (Wildman–Crippen MR) is 71.3 cm³/mol. The Bertz CT molecular complexity index is 349. The average Bonchev–Trinajstić information content (AvgIpc) is 2.28. The molecule has 0 radical (unpaired) electrons. The molecule has 1 fully saturated rings. The highest BCUT2D eigenvalue weighted by atomic mass is 16.3.